The Hall–Kier alpha value is -2.48. The second kappa shape index (κ2) is 8.57. The molecule has 1 saturated heterocycles. The van der Waals surface area contributed by atoms with Crippen LogP contribution >= 0.6 is 0 Å². The third-order valence-electron chi connectivity index (χ3n) is 3.97. The van der Waals surface area contributed by atoms with E-state index in [1.807, 2.05) is 4.90 Å². The summed E-state index contributed by atoms with van der Waals surface area (Å²) >= 11 is 0. The van der Waals surface area contributed by atoms with Crippen molar-refractivity contribution in [3.8, 4) is 0 Å². The van der Waals surface area contributed by atoms with Crippen LogP contribution in [0.2, 0.25) is 0 Å². The number of hydrogen-bond donors (Lipinski definition) is 2. The lowest BCUT2D eigenvalue weighted by Crippen LogP contribution is -2.54. The zero-order valence-corrected chi connectivity index (χ0v) is 14.4. The first kappa shape index (κ1) is 18.9. The Morgan fingerprint density at radius 2 is 1.72 bits per heavy atom. The van der Waals surface area contributed by atoms with Gasteiger partial charge in [0.15, 0.2) is 0 Å². The summed E-state index contributed by atoms with van der Waals surface area (Å²) in [5, 5.41) is 5.29. The highest BCUT2D eigenvalue weighted by Crippen LogP contribution is 2.09. The zero-order chi connectivity index (χ0) is 18.4. The Morgan fingerprint density at radius 1 is 1.12 bits per heavy atom. The van der Waals surface area contributed by atoms with E-state index >= 15 is 0 Å². The second-order valence-electron chi connectivity index (χ2n) is 6.08. The predicted molar refractivity (Wildman–Crippen MR) is 91.3 cm³/mol. The molecule has 2 rings (SSSR count). The molecular weight excluding hydrogens is 327 g/mol. The Labute approximate surface area is 146 Å². The van der Waals surface area contributed by atoms with Crippen LogP contribution in [0.5, 0.6) is 0 Å². The number of rotatable bonds is 5. The summed E-state index contributed by atoms with van der Waals surface area (Å²) in [6, 6.07) is 5.04. The number of benzene rings is 1. The average molecular weight is 350 g/mol. The number of nitrogens with zero attached hydrogens (tertiary/aromatic N) is 2. The molecular formula is C17H23FN4O3. The van der Waals surface area contributed by atoms with Crippen LogP contribution in [-0.4, -0.2) is 66.3 Å². The molecule has 1 aliphatic rings. The van der Waals surface area contributed by atoms with Crippen LogP contribution in [0.15, 0.2) is 24.3 Å². The fraction of sp³-hybridized carbons (Fsp3) is 0.471. The van der Waals surface area contributed by atoms with E-state index in [1.165, 1.54) is 31.2 Å². The lowest BCUT2D eigenvalue weighted by Gasteiger charge is -2.35. The van der Waals surface area contributed by atoms with Crippen LogP contribution in [0.1, 0.15) is 13.8 Å². The van der Waals surface area contributed by atoms with E-state index in [0.717, 1.165) is 0 Å². The van der Waals surface area contributed by atoms with Gasteiger partial charge < -0.3 is 15.5 Å². The molecule has 0 radical (unpaired) electrons. The molecule has 1 aromatic carbocycles. The lowest BCUT2D eigenvalue weighted by atomic mass is 10.2. The summed E-state index contributed by atoms with van der Waals surface area (Å²) in [6.45, 7) is 5.41. The summed E-state index contributed by atoms with van der Waals surface area (Å²) in [7, 11) is 0. The van der Waals surface area contributed by atoms with Gasteiger partial charge in [0.25, 0.3) is 0 Å². The summed E-state index contributed by atoms with van der Waals surface area (Å²) in [4.78, 5) is 38.9. The molecule has 1 fully saturated rings. The highest BCUT2D eigenvalue weighted by atomic mass is 19.1. The van der Waals surface area contributed by atoms with Gasteiger partial charge in [-0.15, -0.1) is 0 Å². The van der Waals surface area contributed by atoms with Gasteiger partial charge in [0.2, 0.25) is 17.7 Å². The number of amides is 3. The molecule has 0 saturated carbocycles. The van der Waals surface area contributed by atoms with Crippen LogP contribution in [0, 0.1) is 5.82 Å². The third kappa shape index (κ3) is 5.82. The van der Waals surface area contributed by atoms with Gasteiger partial charge in [0.1, 0.15) is 11.9 Å². The maximum atomic E-state index is 12.8. The number of piperazine rings is 1. The molecule has 136 valence electrons. The molecule has 1 unspecified atom stereocenters. The van der Waals surface area contributed by atoms with Gasteiger partial charge in [-0.1, -0.05) is 0 Å². The van der Waals surface area contributed by atoms with Crippen LogP contribution in [0.4, 0.5) is 10.1 Å². The van der Waals surface area contributed by atoms with Crippen molar-refractivity contribution in [1.29, 1.82) is 0 Å². The molecule has 1 aliphatic heterocycles. The van der Waals surface area contributed by atoms with Crippen LogP contribution in [0.25, 0.3) is 0 Å². The number of carbonyl (C=O) groups is 3. The fourth-order valence-electron chi connectivity index (χ4n) is 2.70. The lowest BCUT2D eigenvalue weighted by molar-refractivity contribution is -0.137. The number of halogens is 1. The Kier molecular flexibility index (Phi) is 6.46. The minimum atomic E-state index is -0.550. The fourth-order valence-corrected chi connectivity index (χ4v) is 2.70. The van der Waals surface area contributed by atoms with Gasteiger partial charge >= 0.3 is 0 Å². The zero-order valence-electron chi connectivity index (χ0n) is 14.4. The first-order valence-electron chi connectivity index (χ1n) is 8.19. The quantitative estimate of drug-likeness (QED) is 0.807. The summed E-state index contributed by atoms with van der Waals surface area (Å²) in [6.07, 6.45) is 0. The maximum absolute atomic E-state index is 12.8. The monoisotopic (exact) mass is 350 g/mol. The van der Waals surface area contributed by atoms with E-state index < -0.39 is 6.04 Å². The SMILES string of the molecule is CC(=O)NC(C)C(=O)N1CCN(CC(=O)Nc2ccc(F)cc2)CC1. The molecule has 1 atom stereocenters. The topological polar surface area (TPSA) is 81.8 Å². The molecule has 0 spiro atoms. The van der Waals surface area contributed by atoms with Gasteiger partial charge in [-0.2, -0.15) is 0 Å². The maximum Gasteiger partial charge on any atom is 0.244 e. The average Bonchev–Trinajstić information content (AvgIpc) is 2.56. The molecule has 0 aliphatic carbocycles. The van der Waals surface area contributed by atoms with Crippen molar-refractivity contribution >= 4 is 23.4 Å². The largest absolute Gasteiger partial charge is 0.345 e. The van der Waals surface area contributed by atoms with Crippen molar-refractivity contribution in [3.63, 3.8) is 0 Å². The van der Waals surface area contributed by atoms with Crippen molar-refractivity contribution < 1.29 is 18.8 Å². The van der Waals surface area contributed by atoms with Crippen LogP contribution in [-0.2, 0) is 14.4 Å². The van der Waals surface area contributed by atoms with E-state index in [0.29, 0.717) is 31.9 Å². The first-order valence-corrected chi connectivity index (χ1v) is 8.19. The van der Waals surface area contributed by atoms with Crippen molar-refractivity contribution in [1.82, 2.24) is 15.1 Å². The van der Waals surface area contributed by atoms with Gasteiger partial charge in [0.05, 0.1) is 6.54 Å². The molecule has 0 aromatic heterocycles. The number of nitrogens with one attached hydrogen (secondary N) is 2. The second-order valence-corrected chi connectivity index (χ2v) is 6.08. The van der Waals surface area contributed by atoms with E-state index in [9.17, 15) is 18.8 Å². The minimum absolute atomic E-state index is 0.120. The van der Waals surface area contributed by atoms with Crippen LogP contribution < -0.4 is 10.6 Å². The summed E-state index contributed by atoms with van der Waals surface area (Å²) in [5.74, 6) is -0.896. The smallest absolute Gasteiger partial charge is 0.244 e. The predicted octanol–water partition coefficient (Wildman–Crippen LogP) is 0.433. The molecule has 1 heterocycles. The number of hydrogen-bond acceptors (Lipinski definition) is 4. The number of anilines is 1. The van der Waals surface area contributed by atoms with Gasteiger partial charge in [-0.05, 0) is 31.2 Å². The van der Waals surface area contributed by atoms with E-state index in [4.69, 9.17) is 0 Å². The molecule has 8 heteroatoms. The minimum Gasteiger partial charge on any atom is -0.345 e. The number of carbonyl (C=O) groups excluding carboxylic acids is 3. The van der Waals surface area contributed by atoms with Crippen molar-refractivity contribution in [3.05, 3.63) is 30.1 Å². The highest BCUT2D eigenvalue weighted by molar-refractivity contribution is 5.92. The van der Waals surface area contributed by atoms with E-state index in [2.05, 4.69) is 10.6 Å². The molecule has 0 bridgehead atoms. The van der Waals surface area contributed by atoms with Crippen LogP contribution in [0.3, 0.4) is 0 Å². The summed E-state index contributed by atoms with van der Waals surface area (Å²) in [5.41, 5.74) is 0.546. The first-order chi connectivity index (χ1) is 11.8. The third-order valence-corrected chi connectivity index (χ3v) is 3.97. The van der Waals surface area contributed by atoms with E-state index in [-0.39, 0.29) is 30.1 Å². The Morgan fingerprint density at radius 3 is 2.28 bits per heavy atom. The normalized spacial score (nSPS) is 16.2. The Bertz CT molecular complexity index is 627. The van der Waals surface area contributed by atoms with Gasteiger partial charge in [-0.25, -0.2) is 4.39 Å². The molecule has 3 amide bonds. The standard InChI is InChI=1S/C17H23FN4O3/c1-12(19-13(2)23)17(25)22-9-7-21(8-10-22)11-16(24)20-15-5-3-14(18)4-6-15/h3-6,12H,7-11H2,1-2H3,(H,19,23)(H,20,24). The van der Waals surface area contributed by atoms with Crippen molar-refractivity contribution in [2.24, 2.45) is 0 Å². The molecule has 7 nitrogen and oxygen atoms in total. The van der Waals surface area contributed by atoms with Crippen molar-refractivity contribution in [2.45, 2.75) is 19.9 Å². The van der Waals surface area contributed by atoms with Gasteiger partial charge in [-0.3, -0.25) is 19.3 Å². The molecule has 25 heavy (non-hydrogen) atoms. The summed E-state index contributed by atoms with van der Waals surface area (Å²) < 4.78 is 12.8. The van der Waals surface area contributed by atoms with Crippen molar-refractivity contribution in [2.75, 3.05) is 38.0 Å². The van der Waals surface area contributed by atoms with Gasteiger partial charge in [0, 0.05) is 38.8 Å². The molecule has 1 aromatic rings. The molecule has 2 N–H and O–H groups in total. The Balaban J connectivity index is 1.76. The highest BCUT2D eigenvalue weighted by Gasteiger charge is 2.26. The van der Waals surface area contributed by atoms with E-state index in [1.54, 1.807) is 11.8 Å².